The lowest BCUT2D eigenvalue weighted by molar-refractivity contribution is 0.120. The van der Waals surface area contributed by atoms with Gasteiger partial charge >= 0.3 is 0 Å². The Morgan fingerprint density at radius 3 is 2.96 bits per heavy atom. The van der Waals surface area contributed by atoms with Crippen molar-refractivity contribution in [1.82, 2.24) is 15.2 Å². The van der Waals surface area contributed by atoms with Gasteiger partial charge in [0.05, 0.1) is 11.8 Å². The molecule has 2 aromatic heterocycles. The van der Waals surface area contributed by atoms with Crippen LogP contribution < -0.4 is 5.32 Å². The number of hydrogen-bond donors (Lipinski definition) is 1. The predicted molar refractivity (Wildman–Crippen MR) is 104 cm³/mol. The highest BCUT2D eigenvalue weighted by molar-refractivity contribution is 8.00. The molecule has 0 spiro atoms. The third-order valence-electron chi connectivity index (χ3n) is 4.16. The van der Waals surface area contributed by atoms with Crippen molar-refractivity contribution in [2.24, 2.45) is 0 Å². The van der Waals surface area contributed by atoms with Crippen LogP contribution in [0, 0.1) is 6.92 Å². The Morgan fingerprint density at radius 1 is 1.27 bits per heavy atom. The zero-order valence-electron chi connectivity index (χ0n) is 14.5. The molecule has 0 saturated carbocycles. The molecule has 1 atom stereocenters. The number of nitrogens with zero attached hydrogens (tertiary/aromatic N) is 3. The number of ether oxygens (including phenoxy) is 1. The third-order valence-corrected chi connectivity index (χ3v) is 6.18. The Labute approximate surface area is 160 Å². The van der Waals surface area contributed by atoms with Crippen LogP contribution in [0.15, 0.2) is 39.1 Å². The van der Waals surface area contributed by atoms with E-state index < -0.39 is 0 Å². The minimum atomic E-state index is 0.296. The van der Waals surface area contributed by atoms with Crippen molar-refractivity contribution in [3.8, 4) is 11.5 Å². The molecule has 1 aliphatic rings. The summed E-state index contributed by atoms with van der Waals surface area (Å²) in [7, 11) is 0. The first-order valence-electron chi connectivity index (χ1n) is 8.61. The van der Waals surface area contributed by atoms with Crippen molar-refractivity contribution >= 4 is 28.2 Å². The van der Waals surface area contributed by atoms with Crippen molar-refractivity contribution in [3.05, 3.63) is 41.8 Å². The van der Waals surface area contributed by atoms with E-state index in [0.717, 1.165) is 52.5 Å². The van der Waals surface area contributed by atoms with Crippen LogP contribution in [0.1, 0.15) is 24.3 Å². The Hall–Kier alpha value is -1.90. The SMILES string of the molecule is Cc1oc(-c2ccccc2)nc1CSc1nnc(NCC2CCCO2)s1. The fraction of sp³-hybridized carbons (Fsp3) is 0.389. The van der Waals surface area contributed by atoms with Crippen LogP contribution in [0.25, 0.3) is 11.5 Å². The van der Waals surface area contributed by atoms with Crippen LogP contribution in [-0.2, 0) is 10.5 Å². The van der Waals surface area contributed by atoms with E-state index in [1.165, 1.54) is 0 Å². The maximum Gasteiger partial charge on any atom is 0.226 e. The van der Waals surface area contributed by atoms with E-state index in [1.54, 1.807) is 23.1 Å². The Bertz CT molecular complexity index is 844. The quantitative estimate of drug-likeness (QED) is 0.602. The lowest BCUT2D eigenvalue weighted by Gasteiger charge is -2.08. The summed E-state index contributed by atoms with van der Waals surface area (Å²) in [6, 6.07) is 9.94. The summed E-state index contributed by atoms with van der Waals surface area (Å²) in [5, 5.41) is 12.6. The Balaban J connectivity index is 1.33. The van der Waals surface area contributed by atoms with Crippen LogP contribution in [0.3, 0.4) is 0 Å². The number of thioether (sulfide) groups is 1. The second kappa shape index (κ2) is 8.20. The molecule has 3 aromatic rings. The van der Waals surface area contributed by atoms with Crippen LogP contribution in [-0.4, -0.2) is 34.4 Å². The Morgan fingerprint density at radius 2 is 2.15 bits per heavy atom. The van der Waals surface area contributed by atoms with Gasteiger partial charge in [0.25, 0.3) is 0 Å². The van der Waals surface area contributed by atoms with E-state index in [1.807, 2.05) is 37.3 Å². The number of oxazole rings is 1. The van der Waals surface area contributed by atoms with E-state index in [0.29, 0.717) is 17.7 Å². The number of nitrogens with one attached hydrogen (secondary N) is 1. The van der Waals surface area contributed by atoms with Crippen LogP contribution in [0.5, 0.6) is 0 Å². The molecule has 0 radical (unpaired) electrons. The average molecular weight is 389 g/mol. The van der Waals surface area contributed by atoms with Crippen molar-refractivity contribution in [3.63, 3.8) is 0 Å². The first-order valence-corrected chi connectivity index (χ1v) is 10.4. The molecule has 0 aliphatic carbocycles. The number of rotatable bonds is 7. The molecule has 26 heavy (non-hydrogen) atoms. The predicted octanol–water partition coefficient (Wildman–Crippen LogP) is 4.38. The second-order valence-corrected chi connectivity index (χ2v) is 8.27. The lowest BCUT2D eigenvalue weighted by atomic mass is 10.2. The molecule has 0 amide bonds. The van der Waals surface area contributed by atoms with Crippen molar-refractivity contribution < 1.29 is 9.15 Å². The van der Waals surface area contributed by atoms with E-state index in [4.69, 9.17) is 9.15 Å². The third kappa shape index (κ3) is 4.25. The number of aryl methyl sites for hydroxylation is 1. The molecule has 1 N–H and O–H groups in total. The molecule has 1 unspecified atom stereocenters. The highest BCUT2D eigenvalue weighted by Crippen LogP contribution is 2.30. The first-order chi connectivity index (χ1) is 12.8. The highest BCUT2D eigenvalue weighted by Gasteiger charge is 2.16. The molecular formula is C18H20N4O2S2. The average Bonchev–Trinajstić information content (AvgIpc) is 3.40. The van der Waals surface area contributed by atoms with Crippen LogP contribution in [0.4, 0.5) is 5.13 Å². The summed E-state index contributed by atoms with van der Waals surface area (Å²) in [5.41, 5.74) is 1.93. The zero-order chi connectivity index (χ0) is 17.8. The monoisotopic (exact) mass is 388 g/mol. The fourth-order valence-corrected chi connectivity index (χ4v) is 4.50. The molecule has 1 fully saturated rings. The summed E-state index contributed by atoms with van der Waals surface area (Å²) >= 11 is 3.19. The molecule has 3 heterocycles. The van der Waals surface area contributed by atoms with Crippen LogP contribution in [0.2, 0.25) is 0 Å². The van der Waals surface area contributed by atoms with E-state index in [9.17, 15) is 0 Å². The maximum absolute atomic E-state index is 5.81. The van der Waals surface area contributed by atoms with Gasteiger partial charge in [-0.3, -0.25) is 0 Å². The normalized spacial score (nSPS) is 16.9. The van der Waals surface area contributed by atoms with Gasteiger partial charge in [-0.1, -0.05) is 41.3 Å². The molecule has 6 nitrogen and oxygen atoms in total. The molecule has 1 aromatic carbocycles. The minimum absolute atomic E-state index is 0.296. The van der Waals surface area contributed by atoms with Crippen molar-refractivity contribution in [1.29, 1.82) is 0 Å². The summed E-state index contributed by atoms with van der Waals surface area (Å²) in [6.45, 7) is 3.61. The highest BCUT2D eigenvalue weighted by atomic mass is 32.2. The Kier molecular flexibility index (Phi) is 5.52. The second-order valence-electron chi connectivity index (χ2n) is 6.07. The molecule has 8 heteroatoms. The van der Waals surface area contributed by atoms with Gasteiger partial charge in [0.2, 0.25) is 11.0 Å². The maximum atomic E-state index is 5.81. The molecule has 1 saturated heterocycles. The number of anilines is 1. The molecule has 1 aliphatic heterocycles. The summed E-state index contributed by atoms with van der Waals surface area (Å²) in [6.07, 6.45) is 2.55. The molecule has 0 bridgehead atoms. The molecular weight excluding hydrogens is 368 g/mol. The zero-order valence-corrected chi connectivity index (χ0v) is 16.1. The molecule has 4 rings (SSSR count). The largest absolute Gasteiger partial charge is 0.441 e. The number of hydrogen-bond acceptors (Lipinski definition) is 8. The van der Waals surface area contributed by atoms with Crippen molar-refractivity contribution in [2.75, 3.05) is 18.5 Å². The minimum Gasteiger partial charge on any atom is -0.441 e. The van der Waals surface area contributed by atoms with E-state index >= 15 is 0 Å². The molecule has 136 valence electrons. The lowest BCUT2D eigenvalue weighted by Crippen LogP contribution is -2.18. The summed E-state index contributed by atoms with van der Waals surface area (Å²) in [4.78, 5) is 4.63. The van der Waals surface area contributed by atoms with Crippen LogP contribution >= 0.6 is 23.1 Å². The van der Waals surface area contributed by atoms with Gasteiger partial charge in [-0.25, -0.2) is 4.98 Å². The number of aromatic nitrogens is 3. The van der Waals surface area contributed by atoms with Crippen molar-refractivity contribution in [2.45, 2.75) is 36.0 Å². The smallest absolute Gasteiger partial charge is 0.226 e. The van der Waals surface area contributed by atoms with E-state index in [2.05, 4.69) is 20.5 Å². The summed E-state index contributed by atoms with van der Waals surface area (Å²) in [5.74, 6) is 2.22. The van der Waals surface area contributed by atoms with Gasteiger partial charge in [0.15, 0.2) is 4.34 Å². The van der Waals surface area contributed by atoms with Gasteiger partial charge < -0.3 is 14.5 Å². The topological polar surface area (TPSA) is 73.1 Å². The van der Waals surface area contributed by atoms with Gasteiger partial charge in [-0.05, 0) is 31.9 Å². The fourth-order valence-electron chi connectivity index (χ4n) is 2.74. The standard InChI is InChI=1S/C18H20N4O2S2/c1-12-15(20-16(24-12)13-6-3-2-4-7-13)11-25-18-22-21-17(26-18)19-10-14-8-5-9-23-14/h2-4,6-7,14H,5,8-11H2,1H3,(H,19,21). The summed E-state index contributed by atoms with van der Waals surface area (Å²) < 4.78 is 12.3. The van der Waals surface area contributed by atoms with E-state index in [-0.39, 0.29) is 0 Å². The van der Waals surface area contributed by atoms with Gasteiger partial charge in [0, 0.05) is 24.5 Å². The number of benzene rings is 1. The van der Waals surface area contributed by atoms with Gasteiger partial charge in [-0.2, -0.15) is 0 Å². The van der Waals surface area contributed by atoms with Gasteiger partial charge in [0.1, 0.15) is 5.76 Å². The first kappa shape index (κ1) is 17.5. The van der Waals surface area contributed by atoms with Gasteiger partial charge in [-0.15, -0.1) is 10.2 Å².